The monoisotopic (exact) mass is 268 g/mol. The van der Waals surface area contributed by atoms with Crippen LogP contribution in [0.2, 0.25) is 0 Å². The van der Waals surface area contributed by atoms with E-state index in [4.69, 9.17) is 5.11 Å². The molecule has 1 aromatic heterocycles. The molecule has 9 heteroatoms. The average molecular weight is 268 g/mol. The molecule has 1 atom stereocenters. The van der Waals surface area contributed by atoms with Gasteiger partial charge in [0.25, 0.3) is 5.91 Å². The van der Waals surface area contributed by atoms with E-state index >= 15 is 0 Å². The number of halogens is 3. The number of rotatable bonds is 3. The molecule has 0 bridgehead atoms. The topological polar surface area (TPSA) is 79.3 Å². The van der Waals surface area contributed by atoms with Crippen molar-refractivity contribution < 1.29 is 27.9 Å². The predicted octanol–water partition coefficient (Wildman–Crippen LogP) is 1.28. The third kappa shape index (κ3) is 2.54. The molecule has 5 nitrogen and oxygen atoms in total. The Hall–Kier alpha value is -1.64. The minimum absolute atomic E-state index is 0.258. The number of hydrogen-bond donors (Lipinski definition) is 2. The maximum absolute atomic E-state index is 12.5. The van der Waals surface area contributed by atoms with Crippen LogP contribution in [-0.4, -0.2) is 33.7 Å². The van der Waals surface area contributed by atoms with Gasteiger partial charge in [-0.3, -0.25) is 4.79 Å². The fraction of sp³-hybridized carbons (Fsp3) is 0.375. The van der Waals surface area contributed by atoms with Crippen LogP contribution in [0.5, 0.6) is 0 Å². The molecule has 17 heavy (non-hydrogen) atoms. The van der Waals surface area contributed by atoms with Gasteiger partial charge in [-0.05, 0) is 6.92 Å². The van der Waals surface area contributed by atoms with Crippen molar-refractivity contribution in [2.45, 2.75) is 18.6 Å². The zero-order chi connectivity index (χ0) is 13.3. The van der Waals surface area contributed by atoms with Crippen LogP contribution in [0.15, 0.2) is 10.9 Å². The van der Waals surface area contributed by atoms with Crippen molar-refractivity contribution in [2.75, 3.05) is 0 Å². The average Bonchev–Trinajstić information content (AvgIpc) is 2.67. The first kappa shape index (κ1) is 13.4. The molecule has 0 radical (unpaired) electrons. The van der Waals surface area contributed by atoms with E-state index in [1.165, 1.54) is 16.2 Å². The third-order valence-electron chi connectivity index (χ3n) is 2.02. The number of alkyl halides is 3. The Morgan fingerprint density at radius 2 is 2.06 bits per heavy atom. The number of carboxylic acids is 1. The summed E-state index contributed by atoms with van der Waals surface area (Å²) in [6.45, 7) is 0.375. The Kier molecular flexibility index (Phi) is 3.41. The molecular weight excluding hydrogens is 261 g/mol. The van der Waals surface area contributed by atoms with Gasteiger partial charge in [-0.15, -0.1) is 11.3 Å². The summed E-state index contributed by atoms with van der Waals surface area (Å²) < 4.78 is 37.6. The molecule has 0 saturated carbocycles. The normalized spacial score (nSPS) is 15.1. The van der Waals surface area contributed by atoms with E-state index in [0.29, 0.717) is 6.92 Å². The molecule has 1 heterocycles. The first-order chi connectivity index (χ1) is 7.68. The highest BCUT2D eigenvalue weighted by Crippen LogP contribution is 2.30. The molecule has 0 aromatic carbocycles. The molecule has 1 unspecified atom stereocenters. The number of hydrogen-bond acceptors (Lipinski definition) is 4. The Balaban J connectivity index is 2.97. The summed E-state index contributed by atoms with van der Waals surface area (Å²) in [5.74, 6) is -3.37. The van der Waals surface area contributed by atoms with Crippen LogP contribution < -0.4 is 5.32 Å². The van der Waals surface area contributed by atoms with Gasteiger partial charge in [0.2, 0.25) is 5.54 Å². The van der Waals surface area contributed by atoms with Gasteiger partial charge in [0.15, 0.2) is 0 Å². The van der Waals surface area contributed by atoms with Crippen molar-refractivity contribution in [1.82, 2.24) is 10.3 Å². The predicted molar refractivity (Wildman–Crippen MR) is 51.7 cm³/mol. The third-order valence-corrected chi connectivity index (χ3v) is 2.61. The number of aromatic nitrogens is 1. The van der Waals surface area contributed by atoms with Gasteiger partial charge in [-0.2, -0.15) is 13.2 Å². The van der Waals surface area contributed by atoms with Gasteiger partial charge in [0.05, 0.1) is 5.51 Å². The minimum Gasteiger partial charge on any atom is -0.479 e. The van der Waals surface area contributed by atoms with Crippen LogP contribution >= 0.6 is 11.3 Å². The van der Waals surface area contributed by atoms with Gasteiger partial charge < -0.3 is 10.4 Å². The van der Waals surface area contributed by atoms with Gasteiger partial charge in [-0.1, -0.05) is 0 Å². The second kappa shape index (κ2) is 4.32. The quantitative estimate of drug-likeness (QED) is 0.865. The lowest BCUT2D eigenvalue weighted by atomic mass is 10.0. The fourth-order valence-electron chi connectivity index (χ4n) is 0.861. The SMILES string of the molecule is CC(NC(=O)c1cscn1)(C(=O)O)C(F)(F)F. The zero-order valence-corrected chi connectivity index (χ0v) is 9.22. The van der Waals surface area contributed by atoms with Crippen LogP contribution in [0.1, 0.15) is 17.4 Å². The molecule has 0 aliphatic heterocycles. The Bertz CT molecular complexity index is 432. The number of aliphatic carboxylic acids is 1. The van der Waals surface area contributed by atoms with E-state index in [1.54, 1.807) is 0 Å². The van der Waals surface area contributed by atoms with Crippen molar-refractivity contribution in [2.24, 2.45) is 0 Å². The lowest BCUT2D eigenvalue weighted by Crippen LogP contribution is -2.61. The first-order valence-corrected chi connectivity index (χ1v) is 5.13. The summed E-state index contributed by atoms with van der Waals surface area (Å²) >= 11 is 1.01. The van der Waals surface area contributed by atoms with E-state index in [1.807, 2.05) is 0 Å². The van der Waals surface area contributed by atoms with Crippen LogP contribution in [0.4, 0.5) is 13.2 Å². The number of carboxylic acid groups (broad SMARTS) is 1. The van der Waals surface area contributed by atoms with E-state index in [9.17, 15) is 22.8 Å². The molecule has 0 fully saturated rings. The molecule has 1 aromatic rings. The summed E-state index contributed by atoms with van der Waals surface area (Å²) in [6.07, 6.45) is -5.11. The molecule has 94 valence electrons. The minimum atomic E-state index is -5.11. The summed E-state index contributed by atoms with van der Waals surface area (Å²) in [4.78, 5) is 25.5. The molecule has 0 spiro atoms. The van der Waals surface area contributed by atoms with Gasteiger partial charge in [0.1, 0.15) is 5.69 Å². The van der Waals surface area contributed by atoms with Crippen molar-refractivity contribution in [1.29, 1.82) is 0 Å². The molecule has 1 amide bonds. The van der Waals surface area contributed by atoms with E-state index in [2.05, 4.69) is 4.98 Å². The number of amides is 1. The maximum Gasteiger partial charge on any atom is 0.422 e. The van der Waals surface area contributed by atoms with Crippen LogP contribution in [0.3, 0.4) is 0 Å². The lowest BCUT2D eigenvalue weighted by molar-refractivity contribution is -0.203. The standard InChI is InChI=1S/C8H7F3N2O3S/c1-7(6(15)16,8(9,10)11)13-5(14)4-2-17-3-12-4/h2-3H,1H3,(H,13,14)(H,15,16). The molecule has 0 aliphatic rings. The second-order valence-corrected chi connectivity index (χ2v) is 3.97. The Morgan fingerprint density at radius 1 is 1.47 bits per heavy atom. The number of nitrogens with one attached hydrogen (secondary N) is 1. The maximum atomic E-state index is 12.5. The second-order valence-electron chi connectivity index (χ2n) is 3.26. The largest absolute Gasteiger partial charge is 0.479 e. The molecule has 0 saturated heterocycles. The summed E-state index contributed by atoms with van der Waals surface area (Å²) in [5, 5.41) is 11.2. The Labute approximate surface area is 97.3 Å². The van der Waals surface area contributed by atoms with Crippen molar-refractivity contribution >= 4 is 23.2 Å². The number of carbonyl (C=O) groups is 2. The van der Waals surface area contributed by atoms with Crippen molar-refractivity contribution in [3.63, 3.8) is 0 Å². The Morgan fingerprint density at radius 3 is 2.41 bits per heavy atom. The molecule has 0 aliphatic carbocycles. The lowest BCUT2D eigenvalue weighted by Gasteiger charge is -2.28. The van der Waals surface area contributed by atoms with Crippen LogP contribution in [0, 0.1) is 0 Å². The van der Waals surface area contributed by atoms with Gasteiger partial charge in [-0.25, -0.2) is 9.78 Å². The smallest absolute Gasteiger partial charge is 0.422 e. The highest BCUT2D eigenvalue weighted by Gasteiger charge is 2.58. The summed E-state index contributed by atoms with van der Waals surface area (Å²) in [6, 6.07) is 0. The van der Waals surface area contributed by atoms with Crippen molar-refractivity contribution in [3.8, 4) is 0 Å². The van der Waals surface area contributed by atoms with E-state index < -0.39 is 23.6 Å². The summed E-state index contributed by atoms with van der Waals surface area (Å²) in [7, 11) is 0. The summed E-state index contributed by atoms with van der Waals surface area (Å²) in [5.41, 5.74) is -2.35. The van der Waals surface area contributed by atoms with Crippen LogP contribution in [-0.2, 0) is 4.79 Å². The van der Waals surface area contributed by atoms with Crippen LogP contribution in [0.25, 0.3) is 0 Å². The van der Waals surface area contributed by atoms with E-state index in [0.717, 1.165) is 11.3 Å². The zero-order valence-electron chi connectivity index (χ0n) is 8.41. The highest BCUT2D eigenvalue weighted by molar-refractivity contribution is 7.07. The highest BCUT2D eigenvalue weighted by atomic mass is 32.1. The van der Waals surface area contributed by atoms with Crippen molar-refractivity contribution in [3.05, 3.63) is 16.6 Å². The van der Waals surface area contributed by atoms with Gasteiger partial charge >= 0.3 is 12.1 Å². The first-order valence-electron chi connectivity index (χ1n) is 4.19. The molecule has 1 rings (SSSR count). The van der Waals surface area contributed by atoms with Gasteiger partial charge in [0, 0.05) is 5.38 Å². The fourth-order valence-corrected chi connectivity index (χ4v) is 1.39. The molecular formula is C8H7F3N2O3S. The molecule has 2 N–H and O–H groups in total. The number of nitrogens with zero attached hydrogens (tertiary/aromatic N) is 1. The number of thiazole rings is 1. The van der Waals surface area contributed by atoms with E-state index in [-0.39, 0.29) is 5.69 Å². The number of carbonyl (C=O) groups excluding carboxylic acids is 1.